The molecule has 0 aliphatic heterocycles. The largest absolute Gasteiger partial charge is 0.278 e. The highest BCUT2D eigenvalue weighted by molar-refractivity contribution is 14.1. The maximum atomic E-state index is 13.3. The molecule has 19 heavy (non-hydrogen) atoms. The quantitative estimate of drug-likeness (QED) is 0.622. The van der Waals surface area contributed by atoms with Crippen LogP contribution in [0.15, 0.2) is 41.4 Å². The van der Waals surface area contributed by atoms with Crippen LogP contribution in [-0.4, -0.2) is 13.4 Å². The Labute approximate surface area is 128 Å². The molecule has 0 unspecified atom stereocenters. The predicted molar refractivity (Wildman–Crippen MR) is 79.2 cm³/mol. The molecule has 8 heteroatoms. The van der Waals surface area contributed by atoms with E-state index in [1.165, 1.54) is 30.3 Å². The van der Waals surface area contributed by atoms with Crippen LogP contribution in [0.3, 0.4) is 0 Å². The van der Waals surface area contributed by atoms with Crippen LogP contribution >= 0.6 is 34.2 Å². The summed E-state index contributed by atoms with van der Waals surface area (Å²) >= 11 is 7.32. The molecule has 100 valence electrons. The molecule has 0 aliphatic rings. The van der Waals surface area contributed by atoms with E-state index in [0.29, 0.717) is 0 Å². The Morgan fingerprint density at radius 1 is 1.26 bits per heavy atom. The number of nitrogens with one attached hydrogen (secondary N) is 1. The van der Waals surface area contributed by atoms with Gasteiger partial charge in [0, 0.05) is 6.20 Å². The first-order valence-electron chi connectivity index (χ1n) is 4.98. The van der Waals surface area contributed by atoms with Crippen LogP contribution in [0.25, 0.3) is 0 Å². The van der Waals surface area contributed by atoms with E-state index < -0.39 is 15.8 Å². The number of sulfonamides is 1. The van der Waals surface area contributed by atoms with E-state index in [1.807, 2.05) is 0 Å². The fourth-order valence-electron chi connectivity index (χ4n) is 1.31. The molecule has 0 atom stereocenters. The second-order valence-corrected chi connectivity index (χ2v) is 6.67. The average molecular weight is 413 g/mol. The second kappa shape index (κ2) is 5.59. The second-order valence-electron chi connectivity index (χ2n) is 3.52. The van der Waals surface area contributed by atoms with E-state index in [0.717, 1.165) is 6.20 Å². The van der Waals surface area contributed by atoms with Crippen molar-refractivity contribution in [1.82, 2.24) is 4.98 Å². The average Bonchev–Trinajstić information content (AvgIpc) is 2.35. The van der Waals surface area contributed by atoms with E-state index in [-0.39, 0.29) is 19.3 Å². The molecule has 1 heterocycles. The zero-order chi connectivity index (χ0) is 14.0. The van der Waals surface area contributed by atoms with Gasteiger partial charge in [-0.25, -0.2) is 17.8 Å². The lowest BCUT2D eigenvalue weighted by atomic mass is 10.3. The summed E-state index contributed by atoms with van der Waals surface area (Å²) in [6, 6.07) is 6.85. The first kappa shape index (κ1) is 14.5. The number of aromatic nitrogens is 1. The Morgan fingerprint density at radius 3 is 2.63 bits per heavy atom. The van der Waals surface area contributed by atoms with E-state index in [1.54, 1.807) is 22.6 Å². The topological polar surface area (TPSA) is 59.1 Å². The first-order chi connectivity index (χ1) is 8.90. The molecule has 1 aromatic heterocycles. The fourth-order valence-corrected chi connectivity index (χ4v) is 3.11. The Kier molecular flexibility index (Phi) is 4.26. The van der Waals surface area contributed by atoms with Crippen molar-refractivity contribution in [3.05, 3.63) is 51.1 Å². The van der Waals surface area contributed by atoms with Gasteiger partial charge < -0.3 is 0 Å². The van der Waals surface area contributed by atoms with Crippen molar-refractivity contribution in [1.29, 1.82) is 0 Å². The zero-order valence-electron chi connectivity index (χ0n) is 9.27. The summed E-state index contributed by atoms with van der Waals surface area (Å²) in [6.07, 6.45) is 1.14. The van der Waals surface area contributed by atoms with Gasteiger partial charge in [-0.1, -0.05) is 17.7 Å². The molecule has 2 rings (SSSR count). The molecule has 0 saturated heterocycles. The minimum absolute atomic E-state index is 0.0445. The van der Waals surface area contributed by atoms with Gasteiger partial charge in [-0.05, 0) is 46.9 Å². The third kappa shape index (κ3) is 3.34. The number of anilines is 1. The Balaban J connectivity index is 2.36. The van der Waals surface area contributed by atoms with Gasteiger partial charge in [-0.15, -0.1) is 0 Å². The molecule has 1 N–H and O–H groups in total. The lowest BCUT2D eigenvalue weighted by Crippen LogP contribution is -2.14. The van der Waals surface area contributed by atoms with Gasteiger partial charge in [0.1, 0.15) is 15.9 Å². The highest BCUT2D eigenvalue weighted by Gasteiger charge is 2.17. The van der Waals surface area contributed by atoms with Gasteiger partial charge in [-0.2, -0.15) is 0 Å². The number of rotatable bonds is 3. The zero-order valence-corrected chi connectivity index (χ0v) is 13.0. The first-order valence-corrected chi connectivity index (χ1v) is 7.92. The molecule has 0 amide bonds. The predicted octanol–water partition coefficient (Wildman–Crippen LogP) is 3.28. The monoisotopic (exact) mass is 412 g/mol. The summed E-state index contributed by atoms with van der Waals surface area (Å²) < 4.78 is 40.0. The Morgan fingerprint density at radius 2 is 2.00 bits per heavy atom. The third-order valence-corrected chi connectivity index (χ3v) is 4.88. The molecule has 0 fully saturated rings. The van der Waals surface area contributed by atoms with Gasteiger partial charge >= 0.3 is 0 Å². The van der Waals surface area contributed by atoms with Crippen LogP contribution < -0.4 is 4.72 Å². The minimum Gasteiger partial charge on any atom is -0.278 e. The molecule has 2 aromatic rings. The maximum Gasteiger partial charge on any atom is 0.263 e. The number of benzene rings is 1. The van der Waals surface area contributed by atoms with Gasteiger partial charge in [0.15, 0.2) is 0 Å². The number of pyridine rings is 1. The molecular weight excluding hydrogens is 406 g/mol. The van der Waals surface area contributed by atoms with Crippen LogP contribution in [-0.2, 0) is 10.0 Å². The van der Waals surface area contributed by atoms with Crippen LogP contribution in [0.2, 0.25) is 5.15 Å². The molecule has 0 bridgehead atoms. The summed E-state index contributed by atoms with van der Waals surface area (Å²) in [5.41, 5.74) is 0.176. The van der Waals surface area contributed by atoms with E-state index in [9.17, 15) is 12.8 Å². The summed E-state index contributed by atoms with van der Waals surface area (Å²) in [4.78, 5) is 3.65. The number of hydrogen-bond donors (Lipinski definition) is 1. The number of halogens is 3. The molecule has 0 saturated carbocycles. The highest BCUT2D eigenvalue weighted by atomic mass is 127. The Bertz CT molecular complexity index is 707. The van der Waals surface area contributed by atoms with Crippen LogP contribution in [0.1, 0.15) is 0 Å². The van der Waals surface area contributed by atoms with Crippen LogP contribution in [0.4, 0.5) is 10.1 Å². The SMILES string of the molecule is O=S(=O)(Nc1cccc(F)c1I)c1ccc(Cl)nc1. The van der Waals surface area contributed by atoms with Crippen molar-refractivity contribution in [2.75, 3.05) is 4.72 Å². The summed E-state index contributed by atoms with van der Waals surface area (Å²) in [5, 5.41) is 0.194. The van der Waals surface area contributed by atoms with Crippen molar-refractivity contribution in [2.24, 2.45) is 0 Å². The van der Waals surface area contributed by atoms with Gasteiger partial charge in [0.25, 0.3) is 10.0 Å². The maximum absolute atomic E-state index is 13.3. The van der Waals surface area contributed by atoms with Gasteiger partial charge in [-0.3, -0.25) is 4.72 Å². The third-order valence-electron chi connectivity index (χ3n) is 2.21. The van der Waals surface area contributed by atoms with E-state index in [2.05, 4.69) is 9.71 Å². The lowest BCUT2D eigenvalue weighted by molar-refractivity contribution is 0.600. The van der Waals surface area contributed by atoms with Crippen molar-refractivity contribution >= 4 is 49.9 Å². The van der Waals surface area contributed by atoms with Crippen LogP contribution in [0, 0.1) is 9.39 Å². The standard InChI is InChI=1S/C11H7ClFIN2O2S/c12-10-5-4-7(6-15-10)19(17,18)16-9-3-1-2-8(13)11(9)14/h1-6,16H. The summed E-state index contributed by atoms with van der Waals surface area (Å²) in [6.45, 7) is 0. The molecule has 1 aromatic carbocycles. The smallest absolute Gasteiger partial charge is 0.263 e. The normalized spacial score (nSPS) is 11.3. The Hall–Kier alpha value is -0.930. The molecule has 0 spiro atoms. The van der Waals surface area contributed by atoms with Crippen LogP contribution in [0.5, 0.6) is 0 Å². The van der Waals surface area contributed by atoms with E-state index >= 15 is 0 Å². The van der Waals surface area contributed by atoms with Crippen molar-refractivity contribution in [3.8, 4) is 0 Å². The number of hydrogen-bond acceptors (Lipinski definition) is 3. The number of nitrogens with zero attached hydrogens (tertiary/aromatic N) is 1. The summed E-state index contributed by atoms with van der Waals surface area (Å²) in [5.74, 6) is -0.491. The van der Waals surface area contributed by atoms with Crippen molar-refractivity contribution < 1.29 is 12.8 Å². The van der Waals surface area contributed by atoms with Gasteiger partial charge in [0.05, 0.1) is 9.26 Å². The molecular formula is C11H7ClFIN2O2S. The van der Waals surface area contributed by atoms with Crippen molar-refractivity contribution in [2.45, 2.75) is 4.90 Å². The molecule has 0 radical (unpaired) electrons. The highest BCUT2D eigenvalue weighted by Crippen LogP contribution is 2.24. The summed E-state index contributed by atoms with van der Waals surface area (Å²) in [7, 11) is -3.81. The minimum atomic E-state index is -3.81. The fraction of sp³-hybridized carbons (Fsp3) is 0. The molecule has 0 aliphatic carbocycles. The lowest BCUT2D eigenvalue weighted by Gasteiger charge is -2.09. The molecule has 4 nitrogen and oxygen atoms in total. The van der Waals surface area contributed by atoms with E-state index in [4.69, 9.17) is 11.6 Å². The van der Waals surface area contributed by atoms with Crippen molar-refractivity contribution in [3.63, 3.8) is 0 Å². The van der Waals surface area contributed by atoms with Gasteiger partial charge in [0.2, 0.25) is 0 Å².